The van der Waals surface area contributed by atoms with Crippen molar-refractivity contribution >= 4 is 39.0 Å². The van der Waals surface area contributed by atoms with Crippen molar-refractivity contribution in [1.82, 2.24) is 5.32 Å². The molecule has 4 heteroatoms. The van der Waals surface area contributed by atoms with E-state index >= 15 is 0 Å². The highest BCUT2D eigenvalue weighted by molar-refractivity contribution is 9.10. The Morgan fingerprint density at radius 3 is 3.00 bits per heavy atom. The van der Waals surface area contributed by atoms with Crippen LogP contribution in [0.15, 0.2) is 34.8 Å². The molecule has 2 heterocycles. The SMILES string of the molecule is CCNC(Cc1cccc(Br)c1)c1cc2c(s1)CCSC2. The largest absolute Gasteiger partial charge is 0.309 e. The Labute approximate surface area is 143 Å². The number of hydrogen-bond donors (Lipinski definition) is 1. The highest BCUT2D eigenvalue weighted by Crippen LogP contribution is 2.35. The number of hydrogen-bond acceptors (Lipinski definition) is 3. The van der Waals surface area contributed by atoms with E-state index in [4.69, 9.17) is 0 Å². The number of aryl methyl sites for hydroxylation is 1. The highest BCUT2D eigenvalue weighted by atomic mass is 79.9. The van der Waals surface area contributed by atoms with Crippen LogP contribution in [0.2, 0.25) is 0 Å². The van der Waals surface area contributed by atoms with Crippen molar-refractivity contribution in [1.29, 1.82) is 0 Å². The summed E-state index contributed by atoms with van der Waals surface area (Å²) in [6.07, 6.45) is 2.31. The van der Waals surface area contributed by atoms with Crippen LogP contribution in [-0.4, -0.2) is 12.3 Å². The lowest BCUT2D eigenvalue weighted by atomic mass is 10.0. The molecular weight excluding hydrogens is 362 g/mol. The van der Waals surface area contributed by atoms with Crippen molar-refractivity contribution in [3.63, 3.8) is 0 Å². The first-order valence-corrected chi connectivity index (χ1v) is 10.2. The first-order chi connectivity index (χ1) is 10.3. The van der Waals surface area contributed by atoms with Crippen molar-refractivity contribution < 1.29 is 0 Å². The predicted molar refractivity (Wildman–Crippen MR) is 98.4 cm³/mol. The Hall–Kier alpha value is -0.290. The van der Waals surface area contributed by atoms with Gasteiger partial charge < -0.3 is 5.32 Å². The number of benzene rings is 1. The number of thiophene rings is 1. The fraction of sp³-hybridized carbons (Fsp3) is 0.412. The number of fused-ring (bicyclic) bond motifs is 1. The van der Waals surface area contributed by atoms with Crippen molar-refractivity contribution in [2.75, 3.05) is 12.3 Å². The van der Waals surface area contributed by atoms with E-state index in [9.17, 15) is 0 Å². The van der Waals surface area contributed by atoms with E-state index in [1.54, 1.807) is 10.4 Å². The molecule has 0 bridgehead atoms. The van der Waals surface area contributed by atoms with Gasteiger partial charge in [-0.2, -0.15) is 11.8 Å². The summed E-state index contributed by atoms with van der Waals surface area (Å²) in [5, 5.41) is 3.66. The lowest BCUT2D eigenvalue weighted by Gasteiger charge is -2.16. The molecule has 0 aliphatic carbocycles. The van der Waals surface area contributed by atoms with Gasteiger partial charge in [0.05, 0.1) is 0 Å². The van der Waals surface area contributed by atoms with Crippen LogP contribution in [0.25, 0.3) is 0 Å². The topological polar surface area (TPSA) is 12.0 Å². The van der Waals surface area contributed by atoms with Gasteiger partial charge in [-0.25, -0.2) is 0 Å². The molecule has 0 fully saturated rings. The molecule has 1 aliphatic heterocycles. The summed E-state index contributed by atoms with van der Waals surface area (Å²) < 4.78 is 1.16. The molecule has 2 aromatic rings. The van der Waals surface area contributed by atoms with Gasteiger partial charge in [-0.15, -0.1) is 11.3 Å². The standard InChI is InChI=1S/C17H20BrNS2/c1-2-19-15(9-12-4-3-5-14(18)8-12)17-10-13-11-20-7-6-16(13)21-17/h3-5,8,10,15,19H,2,6-7,9,11H2,1H3. The van der Waals surface area contributed by atoms with Crippen LogP contribution in [0.4, 0.5) is 0 Å². The van der Waals surface area contributed by atoms with Crippen molar-refractivity contribution in [3.05, 3.63) is 55.7 Å². The first-order valence-electron chi connectivity index (χ1n) is 7.43. The lowest BCUT2D eigenvalue weighted by Crippen LogP contribution is -2.22. The summed E-state index contributed by atoms with van der Waals surface area (Å²) in [5.74, 6) is 2.48. The summed E-state index contributed by atoms with van der Waals surface area (Å²) >= 11 is 7.65. The quantitative estimate of drug-likeness (QED) is 0.764. The molecular formula is C17H20BrNS2. The average Bonchev–Trinajstić information content (AvgIpc) is 2.91. The Kier molecular flexibility index (Phi) is 5.43. The van der Waals surface area contributed by atoms with Crippen LogP contribution in [0.3, 0.4) is 0 Å². The normalized spacial score (nSPS) is 15.7. The first kappa shape index (κ1) is 15.6. The van der Waals surface area contributed by atoms with E-state index in [0.29, 0.717) is 6.04 Å². The smallest absolute Gasteiger partial charge is 0.0455 e. The molecule has 1 aliphatic rings. The maximum Gasteiger partial charge on any atom is 0.0455 e. The molecule has 1 N–H and O–H groups in total. The summed E-state index contributed by atoms with van der Waals surface area (Å²) in [4.78, 5) is 3.12. The monoisotopic (exact) mass is 381 g/mol. The molecule has 1 nitrogen and oxygen atoms in total. The average molecular weight is 382 g/mol. The van der Waals surface area contributed by atoms with E-state index in [1.165, 1.54) is 28.4 Å². The van der Waals surface area contributed by atoms with E-state index in [1.807, 2.05) is 11.3 Å². The van der Waals surface area contributed by atoms with Gasteiger partial charge in [-0.1, -0.05) is 35.0 Å². The van der Waals surface area contributed by atoms with E-state index in [0.717, 1.165) is 17.4 Å². The zero-order valence-electron chi connectivity index (χ0n) is 12.2. The molecule has 0 saturated carbocycles. The van der Waals surface area contributed by atoms with Crippen LogP contribution in [-0.2, 0) is 18.6 Å². The van der Waals surface area contributed by atoms with E-state index in [2.05, 4.69) is 70.3 Å². The van der Waals surface area contributed by atoms with Gasteiger partial charge in [0, 0.05) is 26.0 Å². The van der Waals surface area contributed by atoms with Gasteiger partial charge in [0.1, 0.15) is 0 Å². The Bertz CT molecular complexity index is 585. The predicted octanol–water partition coefficient (Wildman–Crippen LogP) is 5.19. The Balaban J connectivity index is 1.82. The summed E-state index contributed by atoms with van der Waals surface area (Å²) in [5.41, 5.74) is 2.96. The molecule has 0 radical (unpaired) electrons. The van der Waals surface area contributed by atoms with Gasteiger partial charge in [0.15, 0.2) is 0 Å². The summed E-state index contributed by atoms with van der Waals surface area (Å²) in [6.45, 7) is 3.20. The van der Waals surface area contributed by atoms with Crippen LogP contribution in [0.1, 0.15) is 33.8 Å². The lowest BCUT2D eigenvalue weighted by molar-refractivity contribution is 0.558. The third-order valence-corrected chi connectivity index (χ3v) is 6.62. The molecule has 1 aromatic carbocycles. The Morgan fingerprint density at radius 1 is 1.33 bits per heavy atom. The highest BCUT2D eigenvalue weighted by Gasteiger charge is 2.19. The molecule has 1 unspecified atom stereocenters. The van der Waals surface area contributed by atoms with Crippen LogP contribution >= 0.6 is 39.0 Å². The third kappa shape index (κ3) is 3.92. The van der Waals surface area contributed by atoms with Gasteiger partial charge in [-0.3, -0.25) is 0 Å². The van der Waals surface area contributed by atoms with Crippen LogP contribution < -0.4 is 5.32 Å². The van der Waals surface area contributed by atoms with Crippen LogP contribution in [0.5, 0.6) is 0 Å². The van der Waals surface area contributed by atoms with Gasteiger partial charge >= 0.3 is 0 Å². The fourth-order valence-electron chi connectivity index (χ4n) is 2.76. The molecule has 112 valence electrons. The minimum Gasteiger partial charge on any atom is -0.309 e. The minimum absolute atomic E-state index is 0.435. The van der Waals surface area contributed by atoms with E-state index in [-0.39, 0.29) is 0 Å². The van der Waals surface area contributed by atoms with Crippen LogP contribution in [0, 0.1) is 0 Å². The molecule has 1 atom stereocenters. The number of halogens is 1. The number of thioether (sulfide) groups is 1. The number of rotatable bonds is 5. The molecule has 21 heavy (non-hydrogen) atoms. The molecule has 0 spiro atoms. The van der Waals surface area contributed by atoms with Crippen molar-refractivity contribution in [3.8, 4) is 0 Å². The summed E-state index contributed by atoms with van der Waals surface area (Å²) in [6, 6.07) is 11.5. The summed E-state index contributed by atoms with van der Waals surface area (Å²) in [7, 11) is 0. The molecule has 0 amide bonds. The second kappa shape index (κ2) is 7.32. The second-order valence-corrected chi connectivity index (χ2v) is 8.53. The molecule has 3 rings (SSSR count). The number of likely N-dealkylation sites (N-methyl/N-ethyl adjacent to an activating group) is 1. The number of nitrogens with one attached hydrogen (secondary N) is 1. The second-order valence-electron chi connectivity index (χ2n) is 5.34. The fourth-order valence-corrected chi connectivity index (χ4v) is 5.66. The zero-order valence-corrected chi connectivity index (χ0v) is 15.4. The third-order valence-electron chi connectivity index (χ3n) is 3.77. The molecule has 0 saturated heterocycles. The van der Waals surface area contributed by atoms with Gasteiger partial charge in [-0.05, 0) is 54.5 Å². The minimum atomic E-state index is 0.435. The zero-order chi connectivity index (χ0) is 14.7. The molecule has 1 aromatic heterocycles. The maximum atomic E-state index is 3.66. The van der Waals surface area contributed by atoms with Crippen molar-refractivity contribution in [2.24, 2.45) is 0 Å². The maximum absolute atomic E-state index is 3.66. The Morgan fingerprint density at radius 2 is 2.24 bits per heavy atom. The van der Waals surface area contributed by atoms with Crippen molar-refractivity contribution in [2.45, 2.75) is 31.6 Å². The van der Waals surface area contributed by atoms with Gasteiger partial charge in [0.25, 0.3) is 0 Å². The van der Waals surface area contributed by atoms with E-state index < -0.39 is 0 Å². The van der Waals surface area contributed by atoms with Gasteiger partial charge in [0.2, 0.25) is 0 Å².